The number of carbonyl (C=O) groups is 1. The molecular weight excluding hydrogens is 321 g/mol. The molecule has 1 fully saturated rings. The summed E-state index contributed by atoms with van der Waals surface area (Å²) < 4.78 is 0. The normalized spacial score (nSPS) is 15.2. The lowest BCUT2D eigenvalue weighted by atomic mass is 10.1. The number of rotatable bonds is 5. The van der Waals surface area contributed by atoms with Crippen LogP contribution in [0.25, 0.3) is 0 Å². The molecule has 0 unspecified atom stereocenters. The quantitative estimate of drug-likeness (QED) is 0.813. The second-order valence-electron chi connectivity index (χ2n) is 4.67. The molecule has 0 radical (unpaired) electrons. The summed E-state index contributed by atoms with van der Waals surface area (Å²) >= 11 is 17.8. The topological polar surface area (TPSA) is 44.4 Å². The third kappa shape index (κ3) is 3.77. The molecule has 1 aromatic rings. The maximum atomic E-state index is 12.1. The Bertz CT molecular complexity index is 506. The fourth-order valence-electron chi connectivity index (χ4n) is 2.02. The van der Waals surface area contributed by atoms with Crippen molar-refractivity contribution >= 4 is 46.4 Å². The molecule has 1 saturated heterocycles. The zero-order chi connectivity index (χ0) is 14.7. The molecular formula is C13H16Cl3N3O. The van der Waals surface area contributed by atoms with Crippen LogP contribution < -0.4 is 10.6 Å². The summed E-state index contributed by atoms with van der Waals surface area (Å²) in [7, 11) is 0. The van der Waals surface area contributed by atoms with E-state index in [1.807, 2.05) is 6.92 Å². The molecule has 110 valence electrons. The Hall–Kier alpha value is -0.520. The molecule has 1 aliphatic rings. The first-order valence-corrected chi connectivity index (χ1v) is 7.53. The highest BCUT2D eigenvalue weighted by Crippen LogP contribution is 2.32. The zero-order valence-electron chi connectivity index (χ0n) is 11.0. The van der Waals surface area contributed by atoms with Crippen molar-refractivity contribution in [3.05, 3.63) is 27.2 Å². The maximum Gasteiger partial charge on any atom is 0.238 e. The fraction of sp³-hybridized carbons (Fsp3) is 0.462. The largest absolute Gasteiger partial charge is 0.324 e. The van der Waals surface area contributed by atoms with Gasteiger partial charge in [0.15, 0.2) is 0 Å². The van der Waals surface area contributed by atoms with Crippen LogP contribution in [-0.2, 0) is 4.79 Å². The van der Waals surface area contributed by atoms with E-state index in [4.69, 9.17) is 34.8 Å². The third-order valence-electron chi connectivity index (χ3n) is 3.31. The lowest BCUT2D eigenvalue weighted by Crippen LogP contribution is -2.58. The van der Waals surface area contributed by atoms with Crippen molar-refractivity contribution in [2.24, 2.45) is 0 Å². The Morgan fingerprint density at radius 1 is 1.30 bits per heavy atom. The van der Waals surface area contributed by atoms with E-state index in [0.717, 1.165) is 19.6 Å². The number of likely N-dealkylation sites (N-methyl/N-ethyl adjacent to an activating group) is 1. The van der Waals surface area contributed by atoms with Gasteiger partial charge in [0, 0.05) is 19.1 Å². The van der Waals surface area contributed by atoms with Gasteiger partial charge in [-0.15, -0.1) is 0 Å². The number of hydrogen-bond donors (Lipinski definition) is 2. The van der Waals surface area contributed by atoms with Gasteiger partial charge in [-0.1, -0.05) is 41.7 Å². The van der Waals surface area contributed by atoms with E-state index in [0.29, 0.717) is 33.3 Å². The van der Waals surface area contributed by atoms with Crippen LogP contribution in [0.1, 0.15) is 6.92 Å². The molecule has 1 aromatic carbocycles. The van der Waals surface area contributed by atoms with Crippen LogP contribution in [0, 0.1) is 0 Å². The van der Waals surface area contributed by atoms with E-state index in [2.05, 4.69) is 15.5 Å². The molecule has 7 heteroatoms. The summed E-state index contributed by atoms with van der Waals surface area (Å²) in [6, 6.07) is 3.51. The van der Waals surface area contributed by atoms with Crippen LogP contribution in [0.5, 0.6) is 0 Å². The molecule has 0 bridgehead atoms. The number of carbonyl (C=O) groups excluding carboxylic acids is 1. The van der Waals surface area contributed by atoms with Gasteiger partial charge >= 0.3 is 0 Å². The van der Waals surface area contributed by atoms with Crippen molar-refractivity contribution in [1.29, 1.82) is 0 Å². The zero-order valence-corrected chi connectivity index (χ0v) is 13.3. The smallest absolute Gasteiger partial charge is 0.238 e. The third-order valence-corrected chi connectivity index (χ3v) is 4.35. The molecule has 0 aliphatic carbocycles. The number of hydrogen-bond acceptors (Lipinski definition) is 3. The SMILES string of the molecule is CCN(CC(=O)Nc1cc(Cl)c(Cl)cc1Cl)C1CNC1. The van der Waals surface area contributed by atoms with Crippen LogP contribution in [-0.4, -0.2) is 43.0 Å². The number of nitrogens with one attached hydrogen (secondary N) is 2. The Balaban J connectivity index is 1.98. The van der Waals surface area contributed by atoms with Gasteiger partial charge < -0.3 is 10.6 Å². The van der Waals surface area contributed by atoms with E-state index < -0.39 is 0 Å². The Kier molecular flexibility index (Phi) is 5.52. The minimum atomic E-state index is -0.112. The summed E-state index contributed by atoms with van der Waals surface area (Å²) in [6.45, 7) is 5.05. The number of amides is 1. The van der Waals surface area contributed by atoms with Gasteiger partial charge in [-0.25, -0.2) is 0 Å². The minimum absolute atomic E-state index is 0.112. The van der Waals surface area contributed by atoms with Crippen molar-refractivity contribution in [3.63, 3.8) is 0 Å². The first kappa shape index (κ1) is 15.9. The molecule has 1 heterocycles. The minimum Gasteiger partial charge on any atom is -0.324 e. The van der Waals surface area contributed by atoms with Gasteiger partial charge in [0.1, 0.15) is 0 Å². The number of benzene rings is 1. The first-order valence-electron chi connectivity index (χ1n) is 6.40. The summed E-state index contributed by atoms with van der Waals surface area (Å²) in [6.07, 6.45) is 0. The van der Waals surface area contributed by atoms with Crippen molar-refractivity contribution < 1.29 is 4.79 Å². The summed E-state index contributed by atoms with van der Waals surface area (Å²) in [4.78, 5) is 14.2. The lowest BCUT2D eigenvalue weighted by Gasteiger charge is -2.37. The van der Waals surface area contributed by atoms with Crippen molar-refractivity contribution in [3.8, 4) is 0 Å². The van der Waals surface area contributed by atoms with Gasteiger partial charge in [-0.3, -0.25) is 9.69 Å². The highest BCUT2D eigenvalue weighted by molar-refractivity contribution is 6.44. The van der Waals surface area contributed by atoms with E-state index in [9.17, 15) is 4.79 Å². The van der Waals surface area contributed by atoms with Gasteiger partial charge in [-0.05, 0) is 18.7 Å². The number of anilines is 1. The van der Waals surface area contributed by atoms with Gasteiger partial charge in [0.25, 0.3) is 0 Å². The molecule has 20 heavy (non-hydrogen) atoms. The predicted octanol–water partition coefficient (Wildman–Crippen LogP) is 2.88. The van der Waals surface area contributed by atoms with E-state index >= 15 is 0 Å². The molecule has 1 aliphatic heterocycles. The molecule has 0 spiro atoms. The summed E-state index contributed by atoms with van der Waals surface area (Å²) in [5, 5.41) is 7.07. The second-order valence-corrected chi connectivity index (χ2v) is 5.89. The fourth-order valence-corrected chi connectivity index (χ4v) is 2.62. The lowest BCUT2D eigenvalue weighted by molar-refractivity contribution is -0.118. The highest BCUT2D eigenvalue weighted by Gasteiger charge is 2.25. The Labute approximate surface area is 133 Å². The number of nitrogens with zero attached hydrogens (tertiary/aromatic N) is 1. The van der Waals surface area contributed by atoms with E-state index in [1.54, 1.807) is 6.07 Å². The van der Waals surface area contributed by atoms with Crippen LogP contribution in [0.15, 0.2) is 12.1 Å². The van der Waals surface area contributed by atoms with Crippen molar-refractivity contribution in [2.75, 3.05) is 31.5 Å². The maximum absolute atomic E-state index is 12.1. The molecule has 0 aromatic heterocycles. The molecule has 2 rings (SSSR count). The molecule has 2 N–H and O–H groups in total. The Morgan fingerprint density at radius 3 is 2.50 bits per heavy atom. The molecule has 0 atom stereocenters. The monoisotopic (exact) mass is 335 g/mol. The van der Waals surface area contributed by atoms with Crippen LogP contribution in [0.2, 0.25) is 15.1 Å². The van der Waals surface area contributed by atoms with Gasteiger partial charge in [-0.2, -0.15) is 0 Å². The average Bonchev–Trinajstić information content (AvgIpc) is 2.32. The Morgan fingerprint density at radius 2 is 1.95 bits per heavy atom. The average molecular weight is 337 g/mol. The van der Waals surface area contributed by atoms with Crippen LogP contribution in [0.3, 0.4) is 0 Å². The predicted molar refractivity (Wildman–Crippen MR) is 84.0 cm³/mol. The summed E-state index contributed by atoms with van der Waals surface area (Å²) in [5.41, 5.74) is 0.480. The van der Waals surface area contributed by atoms with Crippen molar-refractivity contribution in [2.45, 2.75) is 13.0 Å². The highest BCUT2D eigenvalue weighted by atomic mass is 35.5. The van der Waals surface area contributed by atoms with E-state index in [1.165, 1.54) is 6.07 Å². The second kappa shape index (κ2) is 6.96. The molecule has 1 amide bonds. The van der Waals surface area contributed by atoms with Crippen molar-refractivity contribution in [1.82, 2.24) is 10.2 Å². The van der Waals surface area contributed by atoms with Crippen LogP contribution in [0.4, 0.5) is 5.69 Å². The standard InChI is InChI=1S/C13H16Cl3N3O/c1-2-19(8-5-17-6-8)7-13(20)18-12-4-10(15)9(14)3-11(12)16/h3-4,8,17H,2,5-7H2,1H3,(H,18,20). The van der Waals surface area contributed by atoms with Gasteiger partial charge in [0.05, 0.1) is 27.3 Å². The molecule has 4 nitrogen and oxygen atoms in total. The van der Waals surface area contributed by atoms with E-state index in [-0.39, 0.29) is 5.91 Å². The van der Waals surface area contributed by atoms with Crippen LogP contribution >= 0.6 is 34.8 Å². The first-order chi connectivity index (χ1) is 9.51. The summed E-state index contributed by atoms with van der Waals surface area (Å²) in [5.74, 6) is -0.112. The number of halogens is 3. The molecule has 0 saturated carbocycles. The van der Waals surface area contributed by atoms with Gasteiger partial charge in [0.2, 0.25) is 5.91 Å².